The highest BCUT2D eigenvalue weighted by Crippen LogP contribution is 2.58. The molecular formula is C23H23F4N3O4. The smallest absolute Gasteiger partial charge is 0.475 e. The normalized spacial score (nSPS) is 20.9. The molecule has 1 aromatic carbocycles. The summed E-state index contributed by atoms with van der Waals surface area (Å²) in [6.45, 7) is 1.80. The minimum Gasteiger partial charge on any atom is -0.475 e. The van der Waals surface area contributed by atoms with E-state index in [0.29, 0.717) is 19.6 Å². The molecule has 2 N–H and O–H groups in total. The highest BCUT2D eigenvalue weighted by molar-refractivity contribution is 5.84. The molecule has 11 heteroatoms. The number of rotatable bonds is 5. The lowest BCUT2D eigenvalue weighted by molar-refractivity contribution is -0.192. The second kappa shape index (κ2) is 10.2. The molecule has 7 nitrogen and oxygen atoms in total. The number of carboxylic acid groups (broad SMARTS) is 1. The number of benzene rings is 1. The van der Waals surface area contributed by atoms with Gasteiger partial charge in [-0.25, -0.2) is 9.18 Å². The van der Waals surface area contributed by atoms with Crippen molar-refractivity contribution in [2.75, 3.05) is 13.1 Å². The van der Waals surface area contributed by atoms with E-state index in [1.807, 2.05) is 17.0 Å². The fourth-order valence-electron chi connectivity index (χ4n) is 3.98. The van der Waals surface area contributed by atoms with E-state index in [0.717, 1.165) is 24.0 Å². The standard InChI is InChI=1S/C21H22FN3O2.C2HF3O2/c22-17-5-3-15(4-6-17)10-19(26)25-9-7-21(14-25)11-18(21)20(27)24-13-16-2-1-8-23-12-16;3-2(4,5)1(6)7/h1-6,8,12,18H,7,9-11,13-14H2,(H,24,27);(H,6,7). The summed E-state index contributed by atoms with van der Waals surface area (Å²) in [4.78, 5) is 39.8. The van der Waals surface area contributed by atoms with Gasteiger partial charge in [0.1, 0.15) is 5.82 Å². The zero-order valence-corrected chi connectivity index (χ0v) is 18.0. The van der Waals surface area contributed by atoms with Gasteiger partial charge in [-0.3, -0.25) is 14.6 Å². The third-order valence-electron chi connectivity index (χ3n) is 5.94. The van der Waals surface area contributed by atoms with Crippen LogP contribution in [0.2, 0.25) is 0 Å². The first-order chi connectivity index (χ1) is 16.0. The van der Waals surface area contributed by atoms with Crippen molar-refractivity contribution in [2.24, 2.45) is 11.3 Å². The van der Waals surface area contributed by atoms with Gasteiger partial charge in [-0.1, -0.05) is 18.2 Å². The molecule has 1 aliphatic carbocycles. The van der Waals surface area contributed by atoms with E-state index in [4.69, 9.17) is 9.90 Å². The van der Waals surface area contributed by atoms with Crippen LogP contribution in [0.15, 0.2) is 48.8 Å². The maximum Gasteiger partial charge on any atom is 0.490 e. The number of carbonyl (C=O) groups is 3. The third-order valence-corrected chi connectivity index (χ3v) is 5.94. The van der Waals surface area contributed by atoms with Gasteiger partial charge in [0.05, 0.1) is 6.42 Å². The van der Waals surface area contributed by atoms with E-state index in [9.17, 15) is 27.2 Å². The Balaban J connectivity index is 0.000000406. The molecule has 1 saturated heterocycles. The summed E-state index contributed by atoms with van der Waals surface area (Å²) in [5, 5.41) is 10.1. The summed E-state index contributed by atoms with van der Waals surface area (Å²) < 4.78 is 44.7. The molecule has 2 fully saturated rings. The number of nitrogens with one attached hydrogen (secondary N) is 1. The number of aliphatic carboxylic acids is 1. The van der Waals surface area contributed by atoms with Crippen molar-refractivity contribution >= 4 is 17.8 Å². The van der Waals surface area contributed by atoms with E-state index >= 15 is 0 Å². The summed E-state index contributed by atoms with van der Waals surface area (Å²) in [5.74, 6) is -2.97. The predicted octanol–water partition coefficient (Wildman–Crippen LogP) is 2.95. The van der Waals surface area contributed by atoms with Gasteiger partial charge in [-0.15, -0.1) is 0 Å². The first-order valence-corrected chi connectivity index (χ1v) is 10.5. The van der Waals surface area contributed by atoms with Crippen LogP contribution >= 0.6 is 0 Å². The first-order valence-electron chi connectivity index (χ1n) is 10.5. The fraction of sp³-hybridized carbons (Fsp3) is 0.391. The van der Waals surface area contributed by atoms with Crippen molar-refractivity contribution in [1.29, 1.82) is 0 Å². The van der Waals surface area contributed by atoms with E-state index in [-0.39, 0.29) is 35.4 Å². The molecule has 34 heavy (non-hydrogen) atoms. The lowest BCUT2D eigenvalue weighted by Crippen LogP contribution is -2.32. The molecule has 2 aliphatic rings. The highest BCUT2D eigenvalue weighted by atomic mass is 19.4. The van der Waals surface area contributed by atoms with Crippen molar-refractivity contribution in [3.05, 3.63) is 65.7 Å². The quantitative estimate of drug-likeness (QED) is 0.640. The molecule has 182 valence electrons. The van der Waals surface area contributed by atoms with Crippen molar-refractivity contribution in [1.82, 2.24) is 15.2 Å². The van der Waals surface area contributed by atoms with Crippen LogP contribution in [0.25, 0.3) is 0 Å². The van der Waals surface area contributed by atoms with Gasteiger partial charge in [0.25, 0.3) is 0 Å². The molecule has 1 spiro atoms. The number of aromatic nitrogens is 1. The van der Waals surface area contributed by atoms with Crippen molar-refractivity contribution in [3.63, 3.8) is 0 Å². The average Bonchev–Trinajstić information content (AvgIpc) is 3.33. The summed E-state index contributed by atoms with van der Waals surface area (Å²) in [6.07, 6.45) is 0.346. The number of hydrogen-bond acceptors (Lipinski definition) is 4. The molecule has 2 aromatic rings. The van der Waals surface area contributed by atoms with Crippen LogP contribution in [0.5, 0.6) is 0 Å². The van der Waals surface area contributed by atoms with E-state index < -0.39 is 12.1 Å². The molecule has 0 bridgehead atoms. The zero-order valence-electron chi connectivity index (χ0n) is 18.0. The van der Waals surface area contributed by atoms with E-state index in [1.165, 1.54) is 12.1 Å². The second-order valence-electron chi connectivity index (χ2n) is 8.37. The summed E-state index contributed by atoms with van der Waals surface area (Å²) in [6, 6.07) is 9.81. The van der Waals surface area contributed by atoms with Gasteiger partial charge < -0.3 is 15.3 Å². The molecule has 2 amide bonds. The number of nitrogens with zero attached hydrogens (tertiary/aromatic N) is 2. The Bertz CT molecular complexity index is 1030. The third kappa shape index (κ3) is 6.52. The highest BCUT2D eigenvalue weighted by Gasteiger charge is 2.61. The van der Waals surface area contributed by atoms with Crippen molar-refractivity contribution in [3.8, 4) is 0 Å². The molecule has 1 aliphatic heterocycles. The van der Waals surface area contributed by atoms with Crippen LogP contribution in [0.1, 0.15) is 24.0 Å². The second-order valence-corrected chi connectivity index (χ2v) is 8.37. The topological polar surface area (TPSA) is 99.6 Å². The van der Waals surface area contributed by atoms with Crippen LogP contribution in [0.4, 0.5) is 17.6 Å². The molecule has 4 rings (SSSR count). The maximum absolute atomic E-state index is 13.0. The SMILES string of the molecule is O=C(NCc1cccnc1)C1CC12CCN(C(=O)Cc1ccc(F)cc1)C2.O=C(O)C(F)(F)F. The van der Waals surface area contributed by atoms with Gasteiger partial charge in [-0.2, -0.15) is 13.2 Å². The molecule has 2 atom stereocenters. The number of likely N-dealkylation sites (tertiary alicyclic amines) is 1. The number of amides is 2. The van der Waals surface area contributed by atoms with Crippen LogP contribution < -0.4 is 5.32 Å². The minimum absolute atomic E-state index is 0.0159. The number of carbonyl (C=O) groups excluding carboxylic acids is 2. The van der Waals surface area contributed by atoms with Gasteiger partial charge in [0, 0.05) is 43.4 Å². The van der Waals surface area contributed by atoms with E-state index in [2.05, 4.69) is 10.3 Å². The van der Waals surface area contributed by atoms with Crippen LogP contribution in [0.3, 0.4) is 0 Å². The zero-order chi connectivity index (χ0) is 24.9. The summed E-state index contributed by atoms with van der Waals surface area (Å²) in [5.41, 5.74) is 1.73. The maximum atomic E-state index is 13.0. The summed E-state index contributed by atoms with van der Waals surface area (Å²) >= 11 is 0. The molecular weight excluding hydrogens is 458 g/mol. The largest absolute Gasteiger partial charge is 0.490 e. The molecule has 1 saturated carbocycles. The molecule has 2 heterocycles. The molecule has 0 radical (unpaired) electrons. The molecule has 2 unspecified atom stereocenters. The average molecular weight is 481 g/mol. The fourth-order valence-corrected chi connectivity index (χ4v) is 3.98. The van der Waals surface area contributed by atoms with Gasteiger partial charge >= 0.3 is 12.1 Å². The number of pyridine rings is 1. The van der Waals surface area contributed by atoms with Crippen molar-refractivity contribution < 1.29 is 37.1 Å². The lowest BCUT2D eigenvalue weighted by Gasteiger charge is -2.17. The van der Waals surface area contributed by atoms with E-state index in [1.54, 1.807) is 24.5 Å². The Labute approximate surface area is 192 Å². The van der Waals surface area contributed by atoms with Crippen molar-refractivity contribution in [2.45, 2.75) is 32.0 Å². The number of alkyl halides is 3. The lowest BCUT2D eigenvalue weighted by atomic mass is 10.0. The Morgan fingerprint density at radius 2 is 1.82 bits per heavy atom. The first kappa shape index (κ1) is 25.1. The monoisotopic (exact) mass is 481 g/mol. The Kier molecular flexibility index (Phi) is 7.53. The van der Waals surface area contributed by atoms with Gasteiger partial charge in [0.15, 0.2) is 0 Å². The molecule has 1 aromatic heterocycles. The number of halogens is 4. The Morgan fingerprint density at radius 1 is 1.15 bits per heavy atom. The van der Waals surface area contributed by atoms with Crippen LogP contribution in [-0.2, 0) is 27.3 Å². The Hall–Kier alpha value is -3.50. The minimum atomic E-state index is -5.08. The van der Waals surface area contributed by atoms with Gasteiger partial charge in [-0.05, 0) is 42.2 Å². The van der Waals surface area contributed by atoms with Crippen LogP contribution in [0, 0.1) is 17.2 Å². The Morgan fingerprint density at radius 3 is 2.41 bits per heavy atom. The number of hydrogen-bond donors (Lipinski definition) is 2. The van der Waals surface area contributed by atoms with Gasteiger partial charge in [0.2, 0.25) is 11.8 Å². The van der Waals surface area contributed by atoms with Crippen LogP contribution in [-0.4, -0.2) is 52.0 Å². The predicted molar refractivity (Wildman–Crippen MR) is 112 cm³/mol. The number of carboxylic acids is 1. The summed E-state index contributed by atoms with van der Waals surface area (Å²) in [7, 11) is 0.